The average molecular weight is 317 g/mol. The van der Waals surface area contributed by atoms with Crippen molar-refractivity contribution in [3.05, 3.63) is 33.8 Å². The summed E-state index contributed by atoms with van der Waals surface area (Å²) in [5, 5.41) is 13.0. The summed E-state index contributed by atoms with van der Waals surface area (Å²) in [5.41, 5.74) is 0.823. The molecule has 2 amide bonds. The largest absolute Gasteiger partial charge is 0.395 e. The monoisotopic (exact) mass is 316 g/mol. The fourth-order valence-corrected chi connectivity index (χ4v) is 2.71. The zero-order valence-electron chi connectivity index (χ0n) is 11.3. The zero-order chi connectivity index (χ0) is 14.7. The minimum Gasteiger partial charge on any atom is -0.395 e. The molecule has 1 unspecified atom stereocenters. The normalized spacial score (nSPS) is 15.8. The van der Waals surface area contributed by atoms with E-state index in [0.29, 0.717) is 16.6 Å². The number of aliphatic hydroxyl groups is 1. The molecule has 0 aromatic heterocycles. The maximum Gasteiger partial charge on any atom is 0.318 e. The fourth-order valence-electron chi connectivity index (χ4n) is 2.14. The van der Waals surface area contributed by atoms with E-state index >= 15 is 0 Å². The van der Waals surface area contributed by atoms with Crippen molar-refractivity contribution in [2.24, 2.45) is 0 Å². The summed E-state index contributed by atoms with van der Waals surface area (Å²) < 4.78 is 0. The van der Waals surface area contributed by atoms with Gasteiger partial charge in [0, 0.05) is 22.6 Å². The lowest BCUT2D eigenvalue weighted by molar-refractivity contribution is 0.171. The van der Waals surface area contributed by atoms with E-state index in [1.165, 1.54) is 0 Å². The molecule has 1 aromatic carbocycles. The Labute approximate surface area is 128 Å². The lowest BCUT2D eigenvalue weighted by atomic mass is 10.1. The Balaban J connectivity index is 2.02. The first-order valence-electron chi connectivity index (χ1n) is 6.66. The summed E-state index contributed by atoms with van der Waals surface area (Å²) in [6.07, 6.45) is 2.01. The highest BCUT2D eigenvalue weighted by molar-refractivity contribution is 6.35. The van der Waals surface area contributed by atoms with Gasteiger partial charge in [-0.3, -0.25) is 0 Å². The van der Waals surface area contributed by atoms with E-state index in [4.69, 9.17) is 28.3 Å². The number of amides is 2. The molecule has 0 spiro atoms. The number of rotatable bonds is 5. The van der Waals surface area contributed by atoms with Gasteiger partial charge in [-0.15, -0.1) is 0 Å². The molecular weight excluding hydrogens is 299 g/mol. The highest BCUT2D eigenvalue weighted by Gasteiger charge is 2.32. The van der Waals surface area contributed by atoms with Gasteiger partial charge in [-0.05, 0) is 37.5 Å². The van der Waals surface area contributed by atoms with Crippen molar-refractivity contribution in [1.82, 2.24) is 10.2 Å². The Bertz CT molecular complexity index is 492. The first-order valence-corrected chi connectivity index (χ1v) is 7.41. The molecule has 1 aliphatic carbocycles. The summed E-state index contributed by atoms with van der Waals surface area (Å²) in [6.45, 7) is 2.20. The quantitative estimate of drug-likeness (QED) is 0.876. The number of urea groups is 1. The Morgan fingerprint density at radius 1 is 1.50 bits per heavy atom. The van der Waals surface area contributed by atoms with Crippen LogP contribution in [0.25, 0.3) is 0 Å². The van der Waals surface area contributed by atoms with Gasteiger partial charge in [0.25, 0.3) is 0 Å². The topological polar surface area (TPSA) is 52.6 Å². The SMILES string of the molecule is CC(NC(=O)N(CCO)C1CC1)c1ccc(Cl)cc1Cl. The van der Waals surface area contributed by atoms with Crippen LogP contribution in [0, 0.1) is 0 Å². The van der Waals surface area contributed by atoms with Gasteiger partial charge in [-0.1, -0.05) is 29.3 Å². The van der Waals surface area contributed by atoms with Crippen LogP contribution in [-0.4, -0.2) is 35.2 Å². The molecule has 0 bridgehead atoms. The lowest BCUT2D eigenvalue weighted by Gasteiger charge is -2.25. The van der Waals surface area contributed by atoms with E-state index < -0.39 is 0 Å². The molecule has 0 aliphatic heterocycles. The molecule has 2 rings (SSSR count). The van der Waals surface area contributed by atoms with Crippen molar-refractivity contribution in [1.29, 1.82) is 0 Å². The predicted octanol–water partition coefficient (Wildman–Crippen LogP) is 3.22. The fraction of sp³-hybridized carbons (Fsp3) is 0.500. The molecule has 0 saturated heterocycles. The van der Waals surface area contributed by atoms with E-state index in [2.05, 4.69) is 5.32 Å². The van der Waals surface area contributed by atoms with Crippen LogP contribution in [0.3, 0.4) is 0 Å². The van der Waals surface area contributed by atoms with Crippen LogP contribution < -0.4 is 5.32 Å². The van der Waals surface area contributed by atoms with Gasteiger partial charge in [0.2, 0.25) is 0 Å². The number of carbonyl (C=O) groups excluding carboxylic acids is 1. The number of benzene rings is 1. The van der Waals surface area contributed by atoms with Crippen LogP contribution in [-0.2, 0) is 0 Å². The predicted molar refractivity (Wildman–Crippen MR) is 80.2 cm³/mol. The molecule has 6 heteroatoms. The number of hydrogen-bond acceptors (Lipinski definition) is 2. The van der Waals surface area contributed by atoms with Gasteiger partial charge in [0.15, 0.2) is 0 Å². The number of aliphatic hydroxyl groups excluding tert-OH is 1. The highest BCUT2D eigenvalue weighted by atomic mass is 35.5. The number of halogens is 2. The Hall–Kier alpha value is -0.970. The lowest BCUT2D eigenvalue weighted by Crippen LogP contribution is -2.43. The van der Waals surface area contributed by atoms with Crippen molar-refractivity contribution >= 4 is 29.2 Å². The standard InChI is InChI=1S/C14H18Cl2N2O2/c1-9(12-5-2-10(15)8-13(12)16)17-14(20)18(6-7-19)11-3-4-11/h2,5,8-9,11,19H,3-4,6-7H2,1H3,(H,17,20). The number of hydrogen-bond donors (Lipinski definition) is 2. The number of carbonyl (C=O) groups is 1. The van der Waals surface area contributed by atoms with Crippen LogP contribution in [0.2, 0.25) is 10.0 Å². The third kappa shape index (κ3) is 3.78. The van der Waals surface area contributed by atoms with Crippen molar-refractivity contribution in [3.8, 4) is 0 Å². The molecule has 20 heavy (non-hydrogen) atoms. The van der Waals surface area contributed by atoms with Gasteiger partial charge in [0.1, 0.15) is 0 Å². The smallest absolute Gasteiger partial charge is 0.318 e. The Morgan fingerprint density at radius 3 is 2.75 bits per heavy atom. The second-order valence-electron chi connectivity index (χ2n) is 4.99. The van der Waals surface area contributed by atoms with Crippen LogP contribution in [0.15, 0.2) is 18.2 Å². The number of nitrogens with zero attached hydrogens (tertiary/aromatic N) is 1. The summed E-state index contributed by atoms with van der Waals surface area (Å²) >= 11 is 12.0. The van der Waals surface area contributed by atoms with Crippen LogP contribution in [0.4, 0.5) is 4.79 Å². The van der Waals surface area contributed by atoms with E-state index in [0.717, 1.165) is 18.4 Å². The maximum absolute atomic E-state index is 12.2. The third-order valence-electron chi connectivity index (χ3n) is 3.36. The van der Waals surface area contributed by atoms with Gasteiger partial charge < -0.3 is 15.3 Å². The molecule has 0 radical (unpaired) electrons. The van der Waals surface area contributed by atoms with Gasteiger partial charge in [-0.2, -0.15) is 0 Å². The van der Waals surface area contributed by atoms with Crippen molar-refractivity contribution in [2.45, 2.75) is 31.8 Å². The summed E-state index contributed by atoms with van der Waals surface area (Å²) in [7, 11) is 0. The molecule has 1 saturated carbocycles. The minimum absolute atomic E-state index is 0.0278. The van der Waals surface area contributed by atoms with E-state index in [1.807, 2.05) is 13.0 Å². The van der Waals surface area contributed by atoms with E-state index in [-0.39, 0.29) is 24.7 Å². The molecule has 2 N–H and O–H groups in total. The first-order chi connectivity index (χ1) is 9.52. The summed E-state index contributed by atoms with van der Waals surface area (Å²) in [6, 6.07) is 5.09. The molecule has 1 fully saturated rings. The molecular formula is C14H18Cl2N2O2. The second kappa shape index (κ2) is 6.66. The molecule has 0 heterocycles. The molecule has 1 aromatic rings. The van der Waals surface area contributed by atoms with Crippen LogP contribution in [0.5, 0.6) is 0 Å². The Kier molecular flexibility index (Phi) is 5.13. The highest BCUT2D eigenvalue weighted by Crippen LogP contribution is 2.28. The summed E-state index contributed by atoms with van der Waals surface area (Å²) in [5.74, 6) is 0. The van der Waals surface area contributed by atoms with Gasteiger partial charge in [0.05, 0.1) is 12.6 Å². The molecule has 110 valence electrons. The van der Waals surface area contributed by atoms with E-state index in [9.17, 15) is 4.79 Å². The number of nitrogens with one attached hydrogen (secondary N) is 1. The Morgan fingerprint density at radius 2 is 2.20 bits per heavy atom. The van der Waals surface area contributed by atoms with Gasteiger partial charge >= 0.3 is 6.03 Å². The molecule has 4 nitrogen and oxygen atoms in total. The first kappa shape index (κ1) is 15.4. The molecule has 1 aliphatic rings. The van der Waals surface area contributed by atoms with Gasteiger partial charge in [-0.25, -0.2) is 4.79 Å². The second-order valence-corrected chi connectivity index (χ2v) is 5.83. The van der Waals surface area contributed by atoms with Crippen molar-refractivity contribution in [2.75, 3.05) is 13.2 Å². The van der Waals surface area contributed by atoms with Crippen molar-refractivity contribution in [3.63, 3.8) is 0 Å². The van der Waals surface area contributed by atoms with Crippen molar-refractivity contribution < 1.29 is 9.90 Å². The maximum atomic E-state index is 12.2. The van der Waals surface area contributed by atoms with Crippen LogP contribution >= 0.6 is 23.2 Å². The molecule has 1 atom stereocenters. The third-order valence-corrected chi connectivity index (χ3v) is 3.92. The summed E-state index contributed by atoms with van der Waals surface area (Å²) in [4.78, 5) is 13.9. The van der Waals surface area contributed by atoms with E-state index in [1.54, 1.807) is 17.0 Å². The zero-order valence-corrected chi connectivity index (χ0v) is 12.8. The van der Waals surface area contributed by atoms with Crippen LogP contribution in [0.1, 0.15) is 31.4 Å². The minimum atomic E-state index is -0.216. The average Bonchev–Trinajstić information content (AvgIpc) is 3.19.